The number of hydrogen-bond donors (Lipinski definition) is 2. The molecule has 0 saturated carbocycles. The second-order valence-electron chi connectivity index (χ2n) is 4.28. The van der Waals surface area contributed by atoms with Crippen LogP contribution in [0.3, 0.4) is 0 Å². The zero-order valence-electron chi connectivity index (χ0n) is 8.85. The molecule has 0 aliphatic rings. The van der Waals surface area contributed by atoms with Crippen LogP contribution in [0, 0.1) is 17.0 Å². The maximum atomic E-state index is 13.2. The van der Waals surface area contributed by atoms with Crippen LogP contribution in [-0.2, 0) is 0 Å². The molecule has 1 aromatic rings. The van der Waals surface area contributed by atoms with Crippen LogP contribution in [0.2, 0.25) is 0 Å². The fourth-order valence-corrected chi connectivity index (χ4v) is 1.03. The lowest BCUT2D eigenvalue weighted by Gasteiger charge is -2.22. The maximum absolute atomic E-state index is 13.2. The molecule has 2 nitrogen and oxygen atoms in total. The Morgan fingerprint density at radius 2 is 2.00 bits per heavy atom. The van der Waals surface area contributed by atoms with E-state index in [2.05, 4.69) is 5.32 Å². The van der Waals surface area contributed by atoms with E-state index in [1.807, 2.05) is 13.8 Å². The third-order valence-corrected chi connectivity index (χ3v) is 2.14. The Bertz CT molecular complexity index is 339. The van der Waals surface area contributed by atoms with Gasteiger partial charge >= 0.3 is 0 Å². The predicted molar refractivity (Wildman–Crippen MR) is 55.7 cm³/mol. The average Bonchev–Trinajstić information content (AvgIpc) is 2.20. The smallest absolute Gasteiger partial charge is 0.181 e. The number of halogens is 2. The van der Waals surface area contributed by atoms with E-state index in [0.29, 0.717) is 6.54 Å². The third kappa shape index (κ3) is 3.16. The highest BCUT2D eigenvalue weighted by atomic mass is 19.2. The number of aliphatic hydroxyl groups is 1. The summed E-state index contributed by atoms with van der Waals surface area (Å²) in [5.74, 6) is -1.76. The van der Waals surface area contributed by atoms with Gasteiger partial charge in [-0.1, -0.05) is 19.9 Å². The summed E-state index contributed by atoms with van der Waals surface area (Å²) in [5, 5.41) is 11.8. The molecule has 0 aromatic heterocycles. The summed E-state index contributed by atoms with van der Waals surface area (Å²) in [5.41, 5.74) is -0.241. The van der Waals surface area contributed by atoms with Gasteiger partial charge in [-0.25, -0.2) is 8.78 Å². The molecule has 0 radical (unpaired) electrons. The topological polar surface area (TPSA) is 32.3 Å². The summed E-state index contributed by atoms with van der Waals surface area (Å²) < 4.78 is 26.0. The molecule has 0 saturated heterocycles. The van der Waals surface area contributed by atoms with E-state index in [4.69, 9.17) is 5.11 Å². The van der Waals surface area contributed by atoms with Crippen molar-refractivity contribution in [3.05, 3.63) is 29.8 Å². The molecule has 2 N–H and O–H groups in total. The molecule has 15 heavy (non-hydrogen) atoms. The molecule has 0 heterocycles. The molecular formula is C11H15F2NO. The van der Waals surface area contributed by atoms with Crippen molar-refractivity contribution in [1.29, 1.82) is 0 Å². The summed E-state index contributed by atoms with van der Waals surface area (Å²) in [4.78, 5) is 0. The zero-order valence-corrected chi connectivity index (χ0v) is 8.85. The van der Waals surface area contributed by atoms with Crippen LogP contribution in [0.25, 0.3) is 0 Å². The molecule has 1 aromatic carbocycles. The van der Waals surface area contributed by atoms with Crippen LogP contribution >= 0.6 is 0 Å². The van der Waals surface area contributed by atoms with Crippen molar-refractivity contribution in [3.8, 4) is 0 Å². The van der Waals surface area contributed by atoms with Gasteiger partial charge in [0, 0.05) is 18.6 Å². The standard InChI is InChI=1S/C11H15F2NO/c1-11(2,7-15)6-14-9-5-3-4-8(12)10(9)13/h3-5,14-15H,6-7H2,1-2H3. The van der Waals surface area contributed by atoms with Crippen LogP contribution in [-0.4, -0.2) is 18.3 Å². The minimum absolute atomic E-state index is 0.0169. The molecule has 4 heteroatoms. The van der Waals surface area contributed by atoms with Crippen LogP contribution in [0.1, 0.15) is 13.8 Å². The van der Waals surface area contributed by atoms with E-state index in [1.54, 1.807) is 0 Å². The van der Waals surface area contributed by atoms with Gasteiger partial charge in [0.15, 0.2) is 11.6 Å². The first-order valence-electron chi connectivity index (χ1n) is 4.75. The van der Waals surface area contributed by atoms with Crippen molar-refractivity contribution in [2.45, 2.75) is 13.8 Å². The zero-order chi connectivity index (χ0) is 11.5. The number of benzene rings is 1. The summed E-state index contributed by atoms with van der Waals surface area (Å²) in [6.07, 6.45) is 0. The largest absolute Gasteiger partial charge is 0.396 e. The molecule has 0 unspecified atom stereocenters. The van der Waals surface area contributed by atoms with Crippen LogP contribution in [0.5, 0.6) is 0 Å². The van der Waals surface area contributed by atoms with Crippen molar-refractivity contribution in [3.63, 3.8) is 0 Å². The Hall–Kier alpha value is -1.16. The van der Waals surface area contributed by atoms with Crippen LogP contribution < -0.4 is 5.32 Å². The number of aliphatic hydroxyl groups excluding tert-OH is 1. The van der Waals surface area contributed by atoms with Gasteiger partial charge in [0.2, 0.25) is 0 Å². The van der Waals surface area contributed by atoms with E-state index in [0.717, 1.165) is 6.07 Å². The minimum atomic E-state index is -0.883. The molecule has 0 atom stereocenters. The molecule has 0 fully saturated rings. The third-order valence-electron chi connectivity index (χ3n) is 2.14. The monoisotopic (exact) mass is 215 g/mol. The summed E-state index contributed by atoms with van der Waals surface area (Å²) >= 11 is 0. The van der Waals surface area contributed by atoms with Crippen molar-refractivity contribution in [2.24, 2.45) is 5.41 Å². The number of rotatable bonds is 4. The fourth-order valence-electron chi connectivity index (χ4n) is 1.03. The van der Waals surface area contributed by atoms with Gasteiger partial charge < -0.3 is 10.4 Å². The Kier molecular flexibility index (Phi) is 3.63. The van der Waals surface area contributed by atoms with Gasteiger partial charge in [0.25, 0.3) is 0 Å². The van der Waals surface area contributed by atoms with Crippen molar-refractivity contribution < 1.29 is 13.9 Å². The van der Waals surface area contributed by atoms with Crippen molar-refractivity contribution in [1.82, 2.24) is 0 Å². The van der Waals surface area contributed by atoms with Gasteiger partial charge in [0.1, 0.15) is 0 Å². The summed E-state index contributed by atoms with van der Waals surface area (Å²) in [6.45, 7) is 4.02. The number of hydrogen-bond acceptors (Lipinski definition) is 2. The first-order valence-corrected chi connectivity index (χ1v) is 4.75. The van der Waals surface area contributed by atoms with E-state index in [9.17, 15) is 8.78 Å². The highest BCUT2D eigenvalue weighted by Crippen LogP contribution is 2.19. The second-order valence-corrected chi connectivity index (χ2v) is 4.28. The lowest BCUT2D eigenvalue weighted by molar-refractivity contribution is 0.170. The molecule has 1 rings (SSSR count). The Labute approximate surface area is 87.9 Å². The Morgan fingerprint density at radius 3 is 2.60 bits per heavy atom. The quantitative estimate of drug-likeness (QED) is 0.808. The van der Waals surface area contributed by atoms with Crippen LogP contribution in [0.15, 0.2) is 18.2 Å². The maximum Gasteiger partial charge on any atom is 0.181 e. The Balaban J connectivity index is 2.70. The lowest BCUT2D eigenvalue weighted by Crippen LogP contribution is -2.27. The lowest BCUT2D eigenvalue weighted by atomic mass is 9.95. The molecule has 0 aliphatic carbocycles. The highest BCUT2D eigenvalue weighted by Gasteiger charge is 2.17. The summed E-state index contributed by atoms with van der Waals surface area (Å²) in [7, 11) is 0. The van der Waals surface area contributed by atoms with Gasteiger partial charge in [-0.15, -0.1) is 0 Å². The van der Waals surface area contributed by atoms with Gasteiger partial charge in [0.05, 0.1) is 5.69 Å². The van der Waals surface area contributed by atoms with E-state index in [-0.39, 0.29) is 17.7 Å². The normalized spacial score (nSPS) is 11.5. The molecule has 0 bridgehead atoms. The van der Waals surface area contributed by atoms with E-state index >= 15 is 0 Å². The molecule has 84 valence electrons. The fraction of sp³-hybridized carbons (Fsp3) is 0.455. The molecule has 0 amide bonds. The first kappa shape index (κ1) is 11.9. The highest BCUT2D eigenvalue weighted by molar-refractivity contribution is 5.45. The first-order chi connectivity index (χ1) is 6.96. The Morgan fingerprint density at radius 1 is 1.33 bits per heavy atom. The van der Waals surface area contributed by atoms with E-state index in [1.165, 1.54) is 12.1 Å². The van der Waals surface area contributed by atoms with Crippen molar-refractivity contribution in [2.75, 3.05) is 18.5 Å². The minimum Gasteiger partial charge on any atom is -0.396 e. The van der Waals surface area contributed by atoms with Gasteiger partial charge in [-0.2, -0.15) is 0 Å². The number of nitrogens with one attached hydrogen (secondary N) is 1. The number of anilines is 1. The van der Waals surface area contributed by atoms with Gasteiger partial charge in [-0.3, -0.25) is 0 Å². The average molecular weight is 215 g/mol. The van der Waals surface area contributed by atoms with Gasteiger partial charge in [-0.05, 0) is 12.1 Å². The van der Waals surface area contributed by atoms with Crippen molar-refractivity contribution >= 4 is 5.69 Å². The molecule has 0 spiro atoms. The SMILES string of the molecule is CC(C)(CO)CNc1cccc(F)c1F. The van der Waals surface area contributed by atoms with Crippen LogP contribution in [0.4, 0.5) is 14.5 Å². The predicted octanol–water partition coefficient (Wildman–Crippen LogP) is 2.40. The summed E-state index contributed by atoms with van der Waals surface area (Å²) in [6, 6.07) is 3.97. The van der Waals surface area contributed by atoms with E-state index < -0.39 is 11.6 Å². The molecule has 0 aliphatic heterocycles. The molecular weight excluding hydrogens is 200 g/mol. The second kappa shape index (κ2) is 4.57.